The molecule has 0 fully saturated rings. The molecule has 17 heavy (non-hydrogen) atoms. The van der Waals surface area contributed by atoms with Crippen LogP contribution in [0.5, 0.6) is 0 Å². The number of aryl methyl sites for hydroxylation is 1. The number of carbonyl (C=O) groups is 1. The summed E-state index contributed by atoms with van der Waals surface area (Å²) in [4.78, 5) is 13.8. The number of benzene rings is 1. The molecule has 0 unspecified atom stereocenters. The minimum Gasteiger partial charge on any atom is -0.336 e. The minimum atomic E-state index is -0.0196. The first-order valence-corrected chi connectivity index (χ1v) is 5.46. The summed E-state index contributed by atoms with van der Waals surface area (Å²) in [6.07, 6.45) is 1.63. The largest absolute Gasteiger partial charge is 0.336 e. The fourth-order valence-electron chi connectivity index (χ4n) is 1.71. The molecule has 88 valence electrons. The van der Waals surface area contributed by atoms with Crippen LogP contribution in [0.4, 0.5) is 0 Å². The summed E-state index contributed by atoms with van der Waals surface area (Å²) in [5.41, 5.74) is 1.72. The Labute approximate surface area is 100 Å². The van der Waals surface area contributed by atoms with Crippen molar-refractivity contribution in [1.29, 1.82) is 0 Å². The van der Waals surface area contributed by atoms with Crippen LogP contribution < -0.4 is 0 Å². The highest BCUT2D eigenvalue weighted by Gasteiger charge is 2.14. The van der Waals surface area contributed by atoms with Gasteiger partial charge in [0.05, 0.1) is 0 Å². The fraction of sp³-hybridized carbons (Fsp3) is 0.231. The van der Waals surface area contributed by atoms with Crippen LogP contribution in [0.15, 0.2) is 42.6 Å². The van der Waals surface area contributed by atoms with Gasteiger partial charge in [0, 0.05) is 26.8 Å². The smallest absolute Gasteiger partial charge is 0.272 e. The van der Waals surface area contributed by atoms with Crippen molar-refractivity contribution in [2.45, 2.75) is 6.54 Å². The van der Waals surface area contributed by atoms with Gasteiger partial charge in [-0.3, -0.25) is 9.48 Å². The summed E-state index contributed by atoms with van der Waals surface area (Å²) in [5, 5.41) is 4.00. The van der Waals surface area contributed by atoms with Crippen LogP contribution in [0, 0.1) is 0 Å². The molecule has 0 aliphatic heterocycles. The lowest BCUT2D eigenvalue weighted by atomic mass is 10.2. The summed E-state index contributed by atoms with van der Waals surface area (Å²) in [5.74, 6) is -0.0196. The molecule has 2 rings (SSSR count). The Morgan fingerprint density at radius 1 is 1.29 bits per heavy atom. The van der Waals surface area contributed by atoms with Gasteiger partial charge in [0.2, 0.25) is 0 Å². The Morgan fingerprint density at radius 3 is 2.59 bits per heavy atom. The monoisotopic (exact) mass is 229 g/mol. The molecule has 1 aromatic carbocycles. The van der Waals surface area contributed by atoms with Gasteiger partial charge >= 0.3 is 0 Å². The third kappa shape index (κ3) is 2.53. The average molecular weight is 229 g/mol. The van der Waals surface area contributed by atoms with Crippen LogP contribution in [-0.2, 0) is 13.6 Å². The van der Waals surface area contributed by atoms with Crippen LogP contribution in [0.1, 0.15) is 16.1 Å². The first-order chi connectivity index (χ1) is 8.18. The van der Waals surface area contributed by atoms with Crippen molar-refractivity contribution in [1.82, 2.24) is 14.7 Å². The first kappa shape index (κ1) is 11.4. The van der Waals surface area contributed by atoms with E-state index in [1.165, 1.54) is 0 Å². The zero-order valence-electron chi connectivity index (χ0n) is 10.00. The third-order valence-electron chi connectivity index (χ3n) is 2.65. The summed E-state index contributed by atoms with van der Waals surface area (Å²) in [7, 11) is 3.56. The van der Waals surface area contributed by atoms with Gasteiger partial charge in [0.15, 0.2) is 0 Å². The molecule has 0 atom stereocenters. The summed E-state index contributed by atoms with van der Waals surface area (Å²) in [6, 6.07) is 11.6. The van der Waals surface area contributed by atoms with Crippen LogP contribution in [-0.4, -0.2) is 27.6 Å². The van der Waals surface area contributed by atoms with E-state index in [0.29, 0.717) is 12.2 Å². The second-order valence-corrected chi connectivity index (χ2v) is 3.99. The van der Waals surface area contributed by atoms with E-state index in [2.05, 4.69) is 5.10 Å². The maximum atomic E-state index is 12.1. The van der Waals surface area contributed by atoms with E-state index in [4.69, 9.17) is 0 Å². The molecular weight excluding hydrogens is 214 g/mol. The van der Waals surface area contributed by atoms with Crippen LogP contribution >= 0.6 is 0 Å². The van der Waals surface area contributed by atoms with E-state index < -0.39 is 0 Å². The molecule has 0 saturated carbocycles. The highest BCUT2D eigenvalue weighted by atomic mass is 16.2. The Balaban J connectivity index is 2.09. The first-order valence-electron chi connectivity index (χ1n) is 5.46. The van der Waals surface area contributed by atoms with Crippen molar-refractivity contribution in [2.24, 2.45) is 7.05 Å². The SMILES string of the molecule is CN(Cc1ccccc1)C(=O)c1ccnn1C. The van der Waals surface area contributed by atoms with E-state index in [1.54, 1.807) is 35.9 Å². The van der Waals surface area contributed by atoms with Gasteiger partial charge < -0.3 is 4.90 Å². The maximum absolute atomic E-state index is 12.1. The van der Waals surface area contributed by atoms with Crippen molar-refractivity contribution in [3.05, 3.63) is 53.9 Å². The number of carbonyl (C=O) groups excluding carboxylic acids is 1. The molecule has 2 aromatic rings. The van der Waals surface area contributed by atoms with Crippen LogP contribution in [0.3, 0.4) is 0 Å². The number of amides is 1. The molecule has 1 amide bonds. The standard InChI is InChI=1S/C13H15N3O/c1-15(10-11-6-4-3-5-7-11)13(17)12-8-9-14-16(12)2/h3-9H,10H2,1-2H3. The van der Waals surface area contributed by atoms with Crippen LogP contribution in [0.2, 0.25) is 0 Å². The lowest BCUT2D eigenvalue weighted by Crippen LogP contribution is -2.28. The normalized spacial score (nSPS) is 10.2. The Hall–Kier alpha value is -2.10. The fourth-order valence-corrected chi connectivity index (χ4v) is 1.71. The Morgan fingerprint density at radius 2 is 2.00 bits per heavy atom. The zero-order valence-corrected chi connectivity index (χ0v) is 10.00. The Kier molecular flexibility index (Phi) is 3.23. The predicted molar refractivity (Wildman–Crippen MR) is 65.4 cm³/mol. The summed E-state index contributed by atoms with van der Waals surface area (Å²) < 4.78 is 1.59. The second-order valence-electron chi connectivity index (χ2n) is 3.99. The molecular formula is C13H15N3O. The van der Waals surface area contributed by atoms with E-state index >= 15 is 0 Å². The third-order valence-corrected chi connectivity index (χ3v) is 2.65. The van der Waals surface area contributed by atoms with Crippen molar-refractivity contribution in [2.75, 3.05) is 7.05 Å². The van der Waals surface area contributed by atoms with Crippen molar-refractivity contribution >= 4 is 5.91 Å². The zero-order chi connectivity index (χ0) is 12.3. The highest BCUT2D eigenvalue weighted by Crippen LogP contribution is 2.07. The van der Waals surface area contributed by atoms with E-state index in [9.17, 15) is 4.79 Å². The molecule has 1 aromatic heterocycles. The molecule has 0 N–H and O–H groups in total. The number of nitrogens with zero attached hydrogens (tertiary/aromatic N) is 3. The lowest BCUT2D eigenvalue weighted by Gasteiger charge is -2.17. The molecule has 0 bridgehead atoms. The number of hydrogen-bond acceptors (Lipinski definition) is 2. The summed E-state index contributed by atoms with van der Waals surface area (Å²) >= 11 is 0. The molecule has 4 heteroatoms. The van der Waals surface area contributed by atoms with Gasteiger partial charge in [-0.15, -0.1) is 0 Å². The molecule has 0 radical (unpaired) electrons. The average Bonchev–Trinajstić information content (AvgIpc) is 2.76. The molecule has 0 aliphatic carbocycles. The van der Waals surface area contributed by atoms with Crippen molar-refractivity contribution < 1.29 is 4.79 Å². The summed E-state index contributed by atoms with van der Waals surface area (Å²) in [6.45, 7) is 0.602. The molecule has 0 spiro atoms. The lowest BCUT2D eigenvalue weighted by molar-refractivity contribution is 0.0774. The molecule has 1 heterocycles. The number of hydrogen-bond donors (Lipinski definition) is 0. The number of rotatable bonds is 3. The van der Waals surface area contributed by atoms with Gasteiger partial charge in [0.1, 0.15) is 5.69 Å². The quantitative estimate of drug-likeness (QED) is 0.803. The second kappa shape index (κ2) is 4.82. The van der Waals surface area contributed by atoms with Gasteiger partial charge in [-0.1, -0.05) is 30.3 Å². The minimum absolute atomic E-state index is 0.0196. The van der Waals surface area contributed by atoms with Gasteiger partial charge in [-0.25, -0.2) is 0 Å². The predicted octanol–water partition coefficient (Wildman–Crippen LogP) is 1.69. The number of aromatic nitrogens is 2. The van der Waals surface area contributed by atoms with Gasteiger partial charge in [0.25, 0.3) is 5.91 Å². The molecule has 0 aliphatic rings. The van der Waals surface area contributed by atoms with Crippen LogP contribution in [0.25, 0.3) is 0 Å². The van der Waals surface area contributed by atoms with Gasteiger partial charge in [-0.05, 0) is 11.6 Å². The van der Waals surface area contributed by atoms with Crippen molar-refractivity contribution in [3.63, 3.8) is 0 Å². The topological polar surface area (TPSA) is 38.1 Å². The van der Waals surface area contributed by atoms with E-state index in [-0.39, 0.29) is 5.91 Å². The Bertz CT molecular complexity index is 504. The van der Waals surface area contributed by atoms with Crippen molar-refractivity contribution in [3.8, 4) is 0 Å². The van der Waals surface area contributed by atoms with E-state index in [0.717, 1.165) is 5.56 Å². The molecule has 0 saturated heterocycles. The highest BCUT2D eigenvalue weighted by molar-refractivity contribution is 5.92. The van der Waals surface area contributed by atoms with Gasteiger partial charge in [-0.2, -0.15) is 5.10 Å². The molecule has 4 nitrogen and oxygen atoms in total. The maximum Gasteiger partial charge on any atom is 0.272 e. The van der Waals surface area contributed by atoms with E-state index in [1.807, 2.05) is 30.3 Å².